The van der Waals surface area contributed by atoms with Crippen molar-refractivity contribution in [1.82, 2.24) is 0 Å². The summed E-state index contributed by atoms with van der Waals surface area (Å²) in [6, 6.07) is 17.6. The summed E-state index contributed by atoms with van der Waals surface area (Å²) in [5.74, 6) is 0.316. The average molecular weight is 739 g/mol. The Hall–Kier alpha value is -2.63. The molecule has 7 rings (SSSR count). The highest BCUT2D eigenvalue weighted by atomic mass is 16.6. The van der Waals surface area contributed by atoms with Gasteiger partial charge in [-0.05, 0) is 92.8 Å². The van der Waals surface area contributed by atoms with Crippen LogP contribution in [0.5, 0.6) is 0 Å². The minimum atomic E-state index is -0.671. The molecule has 1 aliphatic heterocycles. The first kappa shape index (κ1) is 43.1. The van der Waals surface area contributed by atoms with Crippen molar-refractivity contribution in [2.45, 2.75) is 154 Å². The van der Waals surface area contributed by atoms with Crippen LogP contribution < -0.4 is 0 Å². The molecule has 0 bridgehead atoms. The number of carbonyl (C=O) groups excluding carboxylic acids is 1. The molecule has 0 radical (unpaired) electrons. The van der Waals surface area contributed by atoms with E-state index < -0.39 is 18.2 Å². The number of aliphatic hydroxyl groups is 3. The third-order valence-electron chi connectivity index (χ3n) is 10.5. The molecule has 0 aromatic heterocycles. The second kappa shape index (κ2) is 22.7. The summed E-state index contributed by atoms with van der Waals surface area (Å²) in [6.45, 7) is 8.38. The van der Waals surface area contributed by atoms with Crippen LogP contribution in [-0.2, 0) is 23.7 Å². The maximum Gasteiger partial charge on any atom is 0.339 e. The maximum absolute atomic E-state index is 12.4. The summed E-state index contributed by atoms with van der Waals surface area (Å²) < 4.78 is 28.8. The van der Waals surface area contributed by atoms with Gasteiger partial charge in [-0.3, -0.25) is 0 Å². The first-order valence-electron chi connectivity index (χ1n) is 20.1. The number of hydrogen-bond acceptors (Lipinski definition) is 9. The van der Waals surface area contributed by atoms with E-state index in [1.807, 2.05) is 55.6 Å². The van der Waals surface area contributed by atoms with Crippen molar-refractivity contribution >= 4 is 27.5 Å². The average Bonchev–Trinajstić information content (AvgIpc) is 3.97. The van der Waals surface area contributed by atoms with Gasteiger partial charge >= 0.3 is 5.97 Å². The molecule has 9 nitrogen and oxygen atoms in total. The summed E-state index contributed by atoms with van der Waals surface area (Å²) in [5.41, 5.74) is 0.560. The van der Waals surface area contributed by atoms with Crippen molar-refractivity contribution in [3.63, 3.8) is 0 Å². The van der Waals surface area contributed by atoms with Gasteiger partial charge < -0.3 is 39.0 Å². The molecule has 9 unspecified atom stereocenters. The molecule has 3 saturated carbocycles. The molecule has 1 heterocycles. The zero-order valence-corrected chi connectivity index (χ0v) is 32.8. The van der Waals surface area contributed by atoms with Crippen LogP contribution in [0.4, 0.5) is 0 Å². The number of esters is 1. The summed E-state index contributed by atoms with van der Waals surface area (Å²) in [5, 5.41) is 29.0. The third kappa shape index (κ3) is 14.2. The highest BCUT2D eigenvalue weighted by Gasteiger charge is 2.36. The van der Waals surface area contributed by atoms with Gasteiger partial charge in [0.25, 0.3) is 0 Å². The number of carbonyl (C=O) groups is 1. The van der Waals surface area contributed by atoms with E-state index in [1.54, 1.807) is 6.92 Å². The fourth-order valence-corrected chi connectivity index (χ4v) is 7.39. The second-order valence-electron chi connectivity index (χ2n) is 15.3. The van der Waals surface area contributed by atoms with Gasteiger partial charge in [-0.1, -0.05) is 94.0 Å². The molecule has 3 aliphatic carbocycles. The molecule has 1 saturated heterocycles. The monoisotopic (exact) mass is 738 g/mol. The lowest BCUT2D eigenvalue weighted by Gasteiger charge is -2.41. The predicted octanol–water partition coefficient (Wildman–Crippen LogP) is 8.16. The van der Waals surface area contributed by atoms with E-state index in [2.05, 4.69) is 19.9 Å². The van der Waals surface area contributed by atoms with Gasteiger partial charge in [0.1, 0.15) is 6.61 Å². The molecular weight excluding hydrogens is 672 g/mol. The number of benzene rings is 3. The fourth-order valence-electron chi connectivity index (χ4n) is 7.39. The standard InChI is InChI=1S/C20H36O3.C18H16O3.C3H8O2.C3H6O/c1-15-9-3-4-10-16(15)22-19-13-7-8-14-20(19)23-18-12-6-5-11-17(18)21-2;1-12(19)11-21-18(20)17-15-8-4-2-6-13(15)10-14-7-3-5-9-16(14)17;1-3(5)2-4;1-3-2-4-3/h15-20H,3-14H2,1-2H3;2-10,12,19H,11H2,1H3;3-5H,2H2,1H3;3H,2H2,1H3. The predicted molar refractivity (Wildman–Crippen MR) is 210 cm³/mol. The molecule has 3 aromatic carbocycles. The number of epoxide rings is 1. The summed E-state index contributed by atoms with van der Waals surface area (Å²) in [6.07, 6.45) is 16.1. The number of fused-ring (bicyclic) bond motifs is 2. The number of hydrogen-bond donors (Lipinski definition) is 3. The molecule has 296 valence electrons. The third-order valence-corrected chi connectivity index (χ3v) is 10.5. The summed E-state index contributed by atoms with van der Waals surface area (Å²) in [7, 11) is 1.84. The SMILES string of the molecule is CC(O)CO.CC(O)COC(=O)c1c2ccccc2cc2ccccc12.CC1CO1.COC1CCCCC1OC1CCCCC1OC1CCCCC1C. The van der Waals surface area contributed by atoms with Gasteiger partial charge in [-0.2, -0.15) is 0 Å². The van der Waals surface area contributed by atoms with Crippen LogP contribution in [0.15, 0.2) is 54.6 Å². The molecule has 0 spiro atoms. The van der Waals surface area contributed by atoms with Gasteiger partial charge in [0.15, 0.2) is 0 Å². The molecule has 3 aromatic rings. The number of ether oxygens (including phenoxy) is 5. The first-order valence-corrected chi connectivity index (χ1v) is 20.1. The fraction of sp³-hybridized carbons (Fsp3) is 0.659. The molecule has 9 atom stereocenters. The molecule has 9 heteroatoms. The lowest BCUT2D eigenvalue weighted by molar-refractivity contribution is -0.178. The zero-order valence-electron chi connectivity index (χ0n) is 32.8. The largest absolute Gasteiger partial charge is 0.459 e. The molecule has 4 fully saturated rings. The molecule has 53 heavy (non-hydrogen) atoms. The van der Waals surface area contributed by atoms with E-state index in [9.17, 15) is 9.90 Å². The molecule has 3 N–H and O–H groups in total. The van der Waals surface area contributed by atoms with E-state index in [0.717, 1.165) is 41.0 Å². The van der Waals surface area contributed by atoms with Crippen molar-refractivity contribution in [3.05, 3.63) is 60.2 Å². The Morgan fingerprint density at radius 2 is 1.13 bits per heavy atom. The summed E-state index contributed by atoms with van der Waals surface area (Å²) >= 11 is 0. The van der Waals surface area contributed by atoms with E-state index in [-0.39, 0.29) is 19.3 Å². The Kier molecular flexibility index (Phi) is 18.4. The van der Waals surface area contributed by atoms with Crippen LogP contribution in [0.1, 0.15) is 115 Å². The van der Waals surface area contributed by atoms with Crippen LogP contribution in [0.3, 0.4) is 0 Å². The topological polar surface area (TPSA) is 127 Å². The normalized spacial score (nSPS) is 27.8. The van der Waals surface area contributed by atoms with Gasteiger partial charge in [0.2, 0.25) is 0 Å². The van der Waals surface area contributed by atoms with Crippen molar-refractivity contribution in [2.75, 3.05) is 26.9 Å². The van der Waals surface area contributed by atoms with Gasteiger partial charge in [-0.15, -0.1) is 0 Å². The number of rotatable bonds is 9. The molecule has 0 amide bonds. The smallest absolute Gasteiger partial charge is 0.339 e. The minimum Gasteiger partial charge on any atom is -0.459 e. The van der Waals surface area contributed by atoms with Crippen molar-refractivity contribution in [3.8, 4) is 0 Å². The van der Waals surface area contributed by atoms with Crippen molar-refractivity contribution < 1.29 is 43.8 Å². The quantitative estimate of drug-likeness (QED) is 0.113. The van der Waals surface area contributed by atoms with Gasteiger partial charge in [0, 0.05) is 7.11 Å². The molecular formula is C44H66O9. The van der Waals surface area contributed by atoms with Crippen LogP contribution in [0.25, 0.3) is 21.5 Å². The van der Waals surface area contributed by atoms with Crippen molar-refractivity contribution in [2.24, 2.45) is 5.92 Å². The van der Waals surface area contributed by atoms with Crippen LogP contribution in [-0.4, -0.2) is 97.1 Å². The lowest BCUT2D eigenvalue weighted by atomic mass is 9.87. The number of aliphatic hydroxyl groups excluding tert-OH is 3. The van der Waals surface area contributed by atoms with Gasteiger partial charge in [0.05, 0.1) is 67.6 Å². The Labute approximate surface area is 317 Å². The van der Waals surface area contributed by atoms with Crippen LogP contribution >= 0.6 is 0 Å². The van der Waals surface area contributed by atoms with E-state index in [0.29, 0.717) is 42.0 Å². The van der Waals surface area contributed by atoms with Gasteiger partial charge in [-0.25, -0.2) is 4.79 Å². The van der Waals surface area contributed by atoms with E-state index in [1.165, 1.54) is 71.1 Å². The Morgan fingerprint density at radius 1 is 0.717 bits per heavy atom. The number of methoxy groups -OCH3 is 1. The Morgan fingerprint density at radius 3 is 1.57 bits per heavy atom. The van der Waals surface area contributed by atoms with E-state index >= 15 is 0 Å². The maximum atomic E-state index is 12.4. The lowest BCUT2D eigenvalue weighted by Crippen LogP contribution is -2.45. The summed E-state index contributed by atoms with van der Waals surface area (Å²) in [4.78, 5) is 12.4. The Bertz CT molecular complexity index is 1430. The van der Waals surface area contributed by atoms with Crippen LogP contribution in [0.2, 0.25) is 0 Å². The molecule has 4 aliphatic rings. The van der Waals surface area contributed by atoms with Crippen molar-refractivity contribution in [1.29, 1.82) is 0 Å². The highest BCUT2D eigenvalue weighted by molar-refractivity contribution is 6.16. The minimum absolute atomic E-state index is 0.00359. The van der Waals surface area contributed by atoms with E-state index in [4.69, 9.17) is 33.9 Å². The Balaban J connectivity index is 0.000000192. The first-order chi connectivity index (χ1) is 25.6. The highest BCUT2D eigenvalue weighted by Crippen LogP contribution is 2.34. The second-order valence-corrected chi connectivity index (χ2v) is 15.3. The van der Waals surface area contributed by atoms with Crippen LogP contribution in [0, 0.1) is 5.92 Å². The zero-order chi connectivity index (χ0) is 38.2.